The molecule has 4 nitrogen and oxygen atoms in total. The summed E-state index contributed by atoms with van der Waals surface area (Å²) in [5, 5.41) is 9.28. The van der Waals surface area contributed by atoms with Crippen molar-refractivity contribution < 1.29 is 4.79 Å². The monoisotopic (exact) mass is 327 g/mol. The van der Waals surface area contributed by atoms with Crippen LogP contribution in [-0.2, 0) is 6.54 Å². The number of rotatable bonds is 5. The van der Waals surface area contributed by atoms with Gasteiger partial charge in [-0.15, -0.1) is 0 Å². The first-order chi connectivity index (χ1) is 12.2. The third-order valence-electron chi connectivity index (χ3n) is 3.79. The van der Waals surface area contributed by atoms with Crippen LogP contribution >= 0.6 is 0 Å². The lowest BCUT2D eigenvalue weighted by atomic mass is 10.0. The largest absolute Gasteiger partial charge is 0.349 e. The van der Waals surface area contributed by atoms with Gasteiger partial charge in [0.05, 0.1) is 11.6 Å². The predicted molar refractivity (Wildman–Crippen MR) is 96.1 cm³/mol. The van der Waals surface area contributed by atoms with E-state index in [1.54, 1.807) is 30.6 Å². The lowest BCUT2D eigenvalue weighted by molar-refractivity contribution is 0.104. The minimum atomic E-state index is -0.100. The maximum Gasteiger partial charge on any atom is 0.187 e. The van der Waals surface area contributed by atoms with E-state index < -0.39 is 0 Å². The zero-order valence-electron chi connectivity index (χ0n) is 13.7. The van der Waals surface area contributed by atoms with E-state index in [4.69, 9.17) is 0 Å². The van der Waals surface area contributed by atoms with E-state index in [2.05, 4.69) is 11.1 Å². The van der Waals surface area contributed by atoms with Gasteiger partial charge in [-0.2, -0.15) is 5.26 Å². The lowest BCUT2D eigenvalue weighted by Crippen LogP contribution is -2.14. The van der Waals surface area contributed by atoms with E-state index in [-0.39, 0.29) is 5.78 Å². The first-order valence-electron chi connectivity index (χ1n) is 7.98. The molecule has 0 amide bonds. The van der Waals surface area contributed by atoms with Crippen molar-refractivity contribution in [2.45, 2.75) is 13.0 Å². The molecule has 0 N–H and O–H groups in total. The average Bonchev–Trinajstić information content (AvgIpc) is 2.67. The standard InChI is InChI=1S/C21H17N3O/c22-12-19-11-18(8-9-21(25)20-7-4-10-23-13-20)15-24(16-19)14-17-5-2-1-3-6-17/h1-10,13,15-16H,11,14H2. The van der Waals surface area contributed by atoms with Crippen LogP contribution in [0.1, 0.15) is 22.3 Å². The van der Waals surface area contributed by atoms with Crippen LogP contribution in [0.3, 0.4) is 0 Å². The number of allylic oxidation sites excluding steroid dienone is 4. The van der Waals surface area contributed by atoms with Crippen molar-refractivity contribution in [3.8, 4) is 6.07 Å². The summed E-state index contributed by atoms with van der Waals surface area (Å²) in [5.41, 5.74) is 3.30. The highest BCUT2D eigenvalue weighted by Crippen LogP contribution is 2.21. The molecule has 122 valence electrons. The summed E-state index contributed by atoms with van der Waals surface area (Å²) in [6.45, 7) is 0.680. The number of nitrogens with zero attached hydrogens (tertiary/aromatic N) is 3. The van der Waals surface area contributed by atoms with Crippen molar-refractivity contribution in [2.75, 3.05) is 0 Å². The fraction of sp³-hybridized carbons (Fsp3) is 0.0952. The number of ketones is 1. The fourth-order valence-electron chi connectivity index (χ4n) is 2.60. The summed E-state index contributed by atoms with van der Waals surface area (Å²) < 4.78 is 0. The van der Waals surface area contributed by atoms with Gasteiger partial charge in [0, 0.05) is 43.3 Å². The van der Waals surface area contributed by atoms with Gasteiger partial charge in [0.15, 0.2) is 5.78 Å². The normalized spacial score (nSPS) is 14.0. The molecule has 2 aromatic rings. The maximum atomic E-state index is 12.2. The average molecular weight is 327 g/mol. The first-order valence-corrected chi connectivity index (χ1v) is 7.98. The smallest absolute Gasteiger partial charge is 0.187 e. The zero-order chi connectivity index (χ0) is 17.5. The van der Waals surface area contributed by atoms with E-state index in [1.807, 2.05) is 47.6 Å². The number of nitriles is 1. The number of carbonyl (C=O) groups excluding carboxylic acids is 1. The van der Waals surface area contributed by atoms with Gasteiger partial charge in [-0.05, 0) is 29.3 Å². The van der Waals surface area contributed by atoms with Crippen molar-refractivity contribution >= 4 is 5.78 Å². The zero-order valence-corrected chi connectivity index (χ0v) is 13.7. The van der Waals surface area contributed by atoms with Crippen LogP contribution in [0.25, 0.3) is 0 Å². The van der Waals surface area contributed by atoms with Crippen molar-refractivity contribution in [1.29, 1.82) is 5.26 Å². The van der Waals surface area contributed by atoms with Crippen LogP contribution in [0, 0.1) is 11.3 Å². The highest BCUT2D eigenvalue weighted by molar-refractivity contribution is 6.04. The van der Waals surface area contributed by atoms with Gasteiger partial charge in [0.1, 0.15) is 0 Å². The molecule has 1 aromatic carbocycles. The number of carbonyl (C=O) groups is 1. The Balaban J connectivity index is 1.75. The quantitative estimate of drug-likeness (QED) is 0.615. The van der Waals surface area contributed by atoms with Gasteiger partial charge < -0.3 is 4.90 Å². The minimum Gasteiger partial charge on any atom is -0.349 e. The number of hydrogen-bond acceptors (Lipinski definition) is 4. The molecule has 0 saturated carbocycles. The second kappa shape index (κ2) is 7.89. The molecule has 2 heterocycles. The van der Waals surface area contributed by atoms with Crippen molar-refractivity contribution in [2.24, 2.45) is 0 Å². The first kappa shape index (κ1) is 16.4. The van der Waals surface area contributed by atoms with E-state index in [0.717, 1.165) is 11.1 Å². The van der Waals surface area contributed by atoms with Crippen LogP contribution in [0.5, 0.6) is 0 Å². The maximum absolute atomic E-state index is 12.2. The number of pyridine rings is 1. The molecule has 0 atom stereocenters. The van der Waals surface area contributed by atoms with Crippen LogP contribution in [0.4, 0.5) is 0 Å². The van der Waals surface area contributed by atoms with Gasteiger partial charge in [-0.1, -0.05) is 36.4 Å². The van der Waals surface area contributed by atoms with E-state index >= 15 is 0 Å². The van der Waals surface area contributed by atoms with Gasteiger partial charge in [-0.3, -0.25) is 9.78 Å². The molecule has 4 heteroatoms. The van der Waals surface area contributed by atoms with Crippen LogP contribution in [-0.4, -0.2) is 15.7 Å². The van der Waals surface area contributed by atoms with E-state index in [9.17, 15) is 10.1 Å². The van der Waals surface area contributed by atoms with Crippen molar-refractivity contribution in [1.82, 2.24) is 9.88 Å². The molecule has 1 aliphatic rings. The van der Waals surface area contributed by atoms with Crippen LogP contribution < -0.4 is 0 Å². The Hall–Kier alpha value is -3.45. The molecular weight excluding hydrogens is 310 g/mol. The van der Waals surface area contributed by atoms with Crippen LogP contribution in [0.15, 0.2) is 90.6 Å². The van der Waals surface area contributed by atoms with E-state index in [1.165, 1.54) is 6.08 Å². The number of hydrogen-bond donors (Lipinski definition) is 0. The van der Waals surface area contributed by atoms with Gasteiger partial charge in [0.25, 0.3) is 0 Å². The molecular formula is C21H17N3O. The summed E-state index contributed by atoms with van der Waals surface area (Å²) in [4.78, 5) is 18.1. The summed E-state index contributed by atoms with van der Waals surface area (Å²) >= 11 is 0. The van der Waals surface area contributed by atoms with Crippen molar-refractivity contribution in [3.63, 3.8) is 0 Å². The molecule has 0 unspecified atom stereocenters. The highest BCUT2D eigenvalue weighted by atomic mass is 16.1. The summed E-state index contributed by atoms with van der Waals surface area (Å²) in [6.07, 6.45) is 10.8. The third kappa shape index (κ3) is 4.52. The Kier molecular flexibility index (Phi) is 5.18. The van der Waals surface area contributed by atoms with Gasteiger partial charge >= 0.3 is 0 Å². The molecule has 25 heavy (non-hydrogen) atoms. The second-order valence-corrected chi connectivity index (χ2v) is 5.74. The fourth-order valence-corrected chi connectivity index (χ4v) is 2.60. The summed E-state index contributed by atoms with van der Waals surface area (Å²) in [5.74, 6) is -0.100. The molecule has 3 rings (SSSR count). The number of benzene rings is 1. The molecule has 0 spiro atoms. The Bertz CT molecular complexity index is 874. The minimum absolute atomic E-state index is 0.100. The molecule has 1 aliphatic heterocycles. The van der Waals surface area contributed by atoms with Crippen molar-refractivity contribution in [3.05, 3.63) is 102 Å². The topological polar surface area (TPSA) is 57.0 Å². The Morgan fingerprint density at radius 2 is 2.04 bits per heavy atom. The van der Waals surface area contributed by atoms with Gasteiger partial charge in [0.2, 0.25) is 0 Å². The Morgan fingerprint density at radius 3 is 2.76 bits per heavy atom. The molecule has 0 radical (unpaired) electrons. The SMILES string of the molecule is N#CC1=CN(Cc2ccccc2)C=C(C=CC(=O)c2cccnc2)C1. The van der Waals surface area contributed by atoms with Crippen LogP contribution in [0.2, 0.25) is 0 Å². The third-order valence-corrected chi connectivity index (χ3v) is 3.79. The summed E-state index contributed by atoms with van der Waals surface area (Å²) in [7, 11) is 0. The molecule has 1 aromatic heterocycles. The predicted octanol–water partition coefficient (Wildman–Crippen LogP) is 4.02. The Labute approximate surface area is 147 Å². The summed E-state index contributed by atoms with van der Waals surface area (Å²) in [6, 6.07) is 15.7. The second-order valence-electron chi connectivity index (χ2n) is 5.74. The van der Waals surface area contributed by atoms with E-state index in [0.29, 0.717) is 24.1 Å². The molecule has 0 bridgehead atoms. The molecule has 0 saturated heterocycles. The highest BCUT2D eigenvalue weighted by Gasteiger charge is 2.11. The number of aromatic nitrogens is 1. The molecule has 0 fully saturated rings. The molecule has 0 aliphatic carbocycles. The Morgan fingerprint density at radius 1 is 1.20 bits per heavy atom. The lowest BCUT2D eigenvalue weighted by Gasteiger charge is -2.22. The van der Waals surface area contributed by atoms with Gasteiger partial charge in [-0.25, -0.2) is 0 Å².